The highest BCUT2D eigenvalue weighted by atomic mass is 16.6. The molecular weight excluding hydrogens is 324 g/mol. The molecule has 1 saturated carbocycles. The average Bonchev–Trinajstić information content (AvgIpc) is 2.91. The maximum absolute atomic E-state index is 12.7. The number of rotatable bonds is 3. The highest BCUT2D eigenvalue weighted by molar-refractivity contribution is 5.72. The molecule has 1 saturated heterocycles. The normalized spacial score (nSPS) is 28.0. The molecule has 136 valence electrons. The van der Waals surface area contributed by atoms with E-state index in [1.807, 2.05) is 55.4 Å². The molecular formula is C22H26N2O2. The van der Waals surface area contributed by atoms with Crippen molar-refractivity contribution in [3.8, 4) is 0 Å². The molecule has 1 amide bonds. The van der Waals surface area contributed by atoms with E-state index in [0.29, 0.717) is 5.92 Å². The average molecular weight is 350 g/mol. The van der Waals surface area contributed by atoms with Crippen LogP contribution >= 0.6 is 0 Å². The third kappa shape index (κ3) is 3.09. The van der Waals surface area contributed by atoms with Gasteiger partial charge in [-0.3, -0.25) is 9.88 Å². The van der Waals surface area contributed by atoms with E-state index < -0.39 is 5.60 Å². The number of ether oxygens (including phenoxy) is 1. The fourth-order valence-electron chi connectivity index (χ4n) is 4.64. The Morgan fingerprint density at radius 1 is 1.00 bits per heavy atom. The summed E-state index contributed by atoms with van der Waals surface area (Å²) < 4.78 is 5.77. The Hall–Kier alpha value is -2.36. The molecule has 2 aromatic rings. The summed E-state index contributed by atoms with van der Waals surface area (Å²) in [7, 11) is 0. The maximum Gasteiger partial charge on any atom is 0.411 e. The van der Waals surface area contributed by atoms with Gasteiger partial charge in [0, 0.05) is 18.4 Å². The standard InChI is InChI=1S/C22H26N2O2/c1-22(2)20(17-7-4-3-5-8-17)24(21(25)26-22)19-12-10-16(11-13-19)18-9-6-14-23-15-18/h3-9,14-16,19-20H,10-13H2,1-2H3/t16-,19+,20-/m0/s1. The van der Waals surface area contributed by atoms with E-state index in [1.165, 1.54) is 5.56 Å². The van der Waals surface area contributed by atoms with Crippen molar-refractivity contribution >= 4 is 6.09 Å². The molecule has 2 fully saturated rings. The lowest BCUT2D eigenvalue weighted by Crippen LogP contribution is -2.42. The first kappa shape index (κ1) is 17.1. The summed E-state index contributed by atoms with van der Waals surface area (Å²) in [5.41, 5.74) is 1.95. The van der Waals surface area contributed by atoms with E-state index in [0.717, 1.165) is 31.2 Å². The summed E-state index contributed by atoms with van der Waals surface area (Å²) >= 11 is 0. The molecule has 2 aliphatic rings. The molecule has 0 spiro atoms. The first-order valence-corrected chi connectivity index (χ1v) is 9.52. The summed E-state index contributed by atoms with van der Waals surface area (Å²) in [6.07, 6.45) is 7.81. The molecule has 26 heavy (non-hydrogen) atoms. The molecule has 0 unspecified atom stereocenters. The van der Waals surface area contributed by atoms with E-state index in [2.05, 4.69) is 23.2 Å². The lowest BCUT2D eigenvalue weighted by atomic mass is 9.80. The van der Waals surface area contributed by atoms with Gasteiger partial charge in [0.2, 0.25) is 0 Å². The molecule has 1 aromatic carbocycles. The molecule has 2 heterocycles. The summed E-state index contributed by atoms with van der Waals surface area (Å²) in [5.74, 6) is 0.543. The van der Waals surface area contributed by atoms with Gasteiger partial charge in [0.25, 0.3) is 0 Å². The number of amides is 1. The van der Waals surface area contributed by atoms with Gasteiger partial charge < -0.3 is 4.74 Å². The lowest BCUT2D eigenvalue weighted by molar-refractivity contribution is 0.0664. The zero-order valence-corrected chi connectivity index (χ0v) is 15.5. The van der Waals surface area contributed by atoms with Gasteiger partial charge in [0.15, 0.2) is 0 Å². The Morgan fingerprint density at radius 3 is 2.35 bits per heavy atom. The Bertz CT molecular complexity index is 752. The SMILES string of the molecule is CC1(C)OC(=O)N([C@H]2CC[C@@H](c3cccnc3)CC2)[C@H]1c1ccccc1. The third-order valence-electron chi connectivity index (χ3n) is 5.86. The van der Waals surface area contributed by atoms with Gasteiger partial charge >= 0.3 is 6.09 Å². The number of hydrogen-bond acceptors (Lipinski definition) is 3. The van der Waals surface area contributed by atoms with Crippen molar-refractivity contribution in [1.29, 1.82) is 0 Å². The molecule has 4 heteroatoms. The fraction of sp³-hybridized carbons (Fsp3) is 0.455. The van der Waals surface area contributed by atoms with Crippen LogP contribution in [0.15, 0.2) is 54.9 Å². The highest BCUT2D eigenvalue weighted by Gasteiger charge is 2.51. The second-order valence-electron chi connectivity index (χ2n) is 7.98. The van der Waals surface area contributed by atoms with Gasteiger partial charge in [-0.15, -0.1) is 0 Å². The van der Waals surface area contributed by atoms with Crippen molar-refractivity contribution in [2.45, 2.75) is 63.1 Å². The van der Waals surface area contributed by atoms with Crippen molar-refractivity contribution in [3.63, 3.8) is 0 Å². The number of benzene rings is 1. The number of pyridine rings is 1. The van der Waals surface area contributed by atoms with Gasteiger partial charge in [-0.2, -0.15) is 0 Å². The third-order valence-corrected chi connectivity index (χ3v) is 5.86. The van der Waals surface area contributed by atoms with Crippen molar-refractivity contribution in [3.05, 3.63) is 66.0 Å². The molecule has 4 nitrogen and oxygen atoms in total. The Labute approximate surface area is 155 Å². The smallest absolute Gasteiger partial charge is 0.411 e. The van der Waals surface area contributed by atoms with Crippen molar-refractivity contribution < 1.29 is 9.53 Å². The number of hydrogen-bond donors (Lipinski definition) is 0. The highest BCUT2D eigenvalue weighted by Crippen LogP contribution is 2.45. The van der Waals surface area contributed by atoms with Crippen LogP contribution in [0.5, 0.6) is 0 Å². The van der Waals surface area contributed by atoms with Crippen LogP contribution in [0.1, 0.15) is 62.6 Å². The molecule has 1 atom stereocenters. The molecule has 1 aromatic heterocycles. The molecule has 1 aliphatic carbocycles. The van der Waals surface area contributed by atoms with Crippen LogP contribution in [0.4, 0.5) is 4.79 Å². The summed E-state index contributed by atoms with van der Waals surface area (Å²) in [6, 6.07) is 14.7. The second kappa shape index (κ2) is 6.75. The van der Waals surface area contributed by atoms with Gasteiger partial charge in [0.05, 0.1) is 6.04 Å². The molecule has 4 rings (SSSR count). The van der Waals surface area contributed by atoms with Crippen LogP contribution in [0.25, 0.3) is 0 Å². The number of carbonyl (C=O) groups is 1. The van der Waals surface area contributed by atoms with Crippen LogP contribution < -0.4 is 0 Å². The monoisotopic (exact) mass is 350 g/mol. The van der Waals surface area contributed by atoms with E-state index in [-0.39, 0.29) is 18.2 Å². The molecule has 0 radical (unpaired) electrons. The Kier molecular flexibility index (Phi) is 4.43. The minimum absolute atomic E-state index is 0.0314. The van der Waals surface area contributed by atoms with Crippen molar-refractivity contribution in [1.82, 2.24) is 9.88 Å². The number of cyclic esters (lactones) is 1. The van der Waals surface area contributed by atoms with E-state index in [1.54, 1.807) is 0 Å². The van der Waals surface area contributed by atoms with Gasteiger partial charge in [0.1, 0.15) is 5.60 Å². The summed E-state index contributed by atoms with van der Waals surface area (Å²) in [4.78, 5) is 19.0. The van der Waals surface area contributed by atoms with E-state index in [9.17, 15) is 4.79 Å². The van der Waals surface area contributed by atoms with Crippen LogP contribution in [0.2, 0.25) is 0 Å². The maximum atomic E-state index is 12.7. The molecule has 0 bridgehead atoms. The number of carbonyl (C=O) groups excluding carboxylic acids is 1. The largest absolute Gasteiger partial charge is 0.441 e. The molecule has 0 N–H and O–H groups in total. The first-order valence-electron chi connectivity index (χ1n) is 9.52. The van der Waals surface area contributed by atoms with Gasteiger partial charge in [-0.05, 0) is 62.6 Å². The summed E-state index contributed by atoms with van der Waals surface area (Å²) in [5, 5.41) is 0. The topological polar surface area (TPSA) is 42.4 Å². The van der Waals surface area contributed by atoms with E-state index >= 15 is 0 Å². The van der Waals surface area contributed by atoms with Crippen molar-refractivity contribution in [2.24, 2.45) is 0 Å². The van der Waals surface area contributed by atoms with Crippen LogP contribution in [0, 0.1) is 0 Å². The number of nitrogens with zero attached hydrogens (tertiary/aromatic N) is 2. The second-order valence-corrected chi connectivity index (χ2v) is 7.98. The van der Waals surface area contributed by atoms with Crippen LogP contribution in [-0.4, -0.2) is 27.6 Å². The lowest BCUT2D eigenvalue weighted by Gasteiger charge is -2.38. The predicted molar refractivity (Wildman–Crippen MR) is 101 cm³/mol. The zero-order valence-electron chi connectivity index (χ0n) is 15.5. The minimum Gasteiger partial charge on any atom is -0.441 e. The zero-order chi connectivity index (χ0) is 18.1. The Morgan fingerprint density at radius 2 is 1.69 bits per heavy atom. The minimum atomic E-state index is -0.515. The number of aromatic nitrogens is 1. The van der Waals surface area contributed by atoms with Gasteiger partial charge in [-0.25, -0.2) is 4.79 Å². The first-order chi connectivity index (χ1) is 12.6. The predicted octanol–water partition coefficient (Wildman–Crippen LogP) is 5.08. The van der Waals surface area contributed by atoms with Crippen LogP contribution in [-0.2, 0) is 4.74 Å². The van der Waals surface area contributed by atoms with E-state index in [4.69, 9.17) is 4.74 Å². The molecule has 1 aliphatic heterocycles. The van der Waals surface area contributed by atoms with Crippen molar-refractivity contribution in [2.75, 3.05) is 0 Å². The summed E-state index contributed by atoms with van der Waals surface area (Å²) in [6.45, 7) is 4.04. The quantitative estimate of drug-likeness (QED) is 0.775. The van der Waals surface area contributed by atoms with Gasteiger partial charge in [-0.1, -0.05) is 36.4 Å². The Balaban J connectivity index is 1.54. The fourth-order valence-corrected chi connectivity index (χ4v) is 4.64. The van der Waals surface area contributed by atoms with Crippen LogP contribution in [0.3, 0.4) is 0 Å².